The summed E-state index contributed by atoms with van der Waals surface area (Å²) < 4.78 is 7.50. The Morgan fingerprint density at radius 1 is 1.27 bits per heavy atom. The fourth-order valence-corrected chi connectivity index (χ4v) is 2.37. The van der Waals surface area contributed by atoms with Crippen LogP contribution >= 0.6 is 0 Å². The maximum Gasteiger partial charge on any atom is 0.243 e. The summed E-state index contributed by atoms with van der Waals surface area (Å²) in [6.45, 7) is 4.98. The van der Waals surface area contributed by atoms with Crippen LogP contribution in [0.25, 0.3) is 5.69 Å². The number of benzene rings is 1. The van der Waals surface area contributed by atoms with Crippen LogP contribution in [0.2, 0.25) is 0 Å². The highest BCUT2D eigenvalue weighted by molar-refractivity contribution is 5.78. The SMILES string of the molecule is CCCCC(CC)COc1nn(-c2ccccc2)cc1C=O. The van der Waals surface area contributed by atoms with E-state index in [0.717, 1.165) is 24.8 Å². The number of para-hydroxylation sites is 1. The lowest BCUT2D eigenvalue weighted by molar-refractivity contribution is 0.111. The molecule has 0 spiro atoms. The quantitative estimate of drug-likeness (QED) is 0.649. The predicted octanol–water partition coefficient (Wildman–Crippen LogP) is 4.28. The topological polar surface area (TPSA) is 44.1 Å². The zero-order valence-electron chi connectivity index (χ0n) is 13.4. The van der Waals surface area contributed by atoms with Gasteiger partial charge in [-0.1, -0.05) is 51.3 Å². The first-order chi connectivity index (χ1) is 10.8. The van der Waals surface area contributed by atoms with Crippen molar-refractivity contribution >= 4 is 6.29 Å². The van der Waals surface area contributed by atoms with Gasteiger partial charge in [-0.15, -0.1) is 5.10 Å². The molecule has 1 heterocycles. The van der Waals surface area contributed by atoms with Crippen molar-refractivity contribution in [3.8, 4) is 11.6 Å². The average molecular weight is 300 g/mol. The molecule has 4 heteroatoms. The van der Waals surface area contributed by atoms with Crippen LogP contribution in [0.4, 0.5) is 0 Å². The molecule has 0 amide bonds. The highest BCUT2D eigenvalue weighted by atomic mass is 16.5. The van der Waals surface area contributed by atoms with Gasteiger partial charge >= 0.3 is 0 Å². The second-order valence-corrected chi connectivity index (χ2v) is 5.52. The number of hydrogen-bond acceptors (Lipinski definition) is 3. The summed E-state index contributed by atoms with van der Waals surface area (Å²) in [6.07, 6.45) is 7.15. The third kappa shape index (κ3) is 4.20. The molecule has 0 fully saturated rings. The molecule has 1 aromatic carbocycles. The molecule has 2 rings (SSSR count). The van der Waals surface area contributed by atoms with Crippen LogP contribution in [-0.4, -0.2) is 22.7 Å². The Bertz CT molecular complexity index is 578. The maximum absolute atomic E-state index is 11.2. The predicted molar refractivity (Wildman–Crippen MR) is 87.8 cm³/mol. The molecule has 0 aliphatic heterocycles. The highest BCUT2D eigenvalue weighted by Gasteiger charge is 2.13. The van der Waals surface area contributed by atoms with Gasteiger partial charge in [0.1, 0.15) is 0 Å². The van der Waals surface area contributed by atoms with Crippen molar-refractivity contribution in [3.63, 3.8) is 0 Å². The molecule has 1 atom stereocenters. The molecule has 1 unspecified atom stereocenters. The van der Waals surface area contributed by atoms with Gasteiger partial charge in [0.2, 0.25) is 5.88 Å². The van der Waals surface area contributed by atoms with Gasteiger partial charge in [0.15, 0.2) is 6.29 Å². The monoisotopic (exact) mass is 300 g/mol. The van der Waals surface area contributed by atoms with E-state index in [9.17, 15) is 4.79 Å². The van der Waals surface area contributed by atoms with Gasteiger partial charge in [0.05, 0.1) is 17.9 Å². The minimum Gasteiger partial charge on any atom is -0.476 e. The van der Waals surface area contributed by atoms with Crippen molar-refractivity contribution in [1.82, 2.24) is 9.78 Å². The smallest absolute Gasteiger partial charge is 0.243 e. The Balaban J connectivity index is 2.07. The van der Waals surface area contributed by atoms with Crippen LogP contribution in [0, 0.1) is 5.92 Å². The van der Waals surface area contributed by atoms with Crippen molar-refractivity contribution in [2.45, 2.75) is 39.5 Å². The number of carbonyl (C=O) groups excluding carboxylic acids is 1. The summed E-state index contributed by atoms with van der Waals surface area (Å²) in [6, 6.07) is 9.72. The first-order valence-corrected chi connectivity index (χ1v) is 8.01. The number of rotatable bonds is 9. The third-order valence-electron chi connectivity index (χ3n) is 3.85. The number of carbonyl (C=O) groups is 1. The normalized spacial score (nSPS) is 12.1. The van der Waals surface area contributed by atoms with Gasteiger partial charge in [0.25, 0.3) is 0 Å². The molecule has 2 aromatic rings. The highest BCUT2D eigenvalue weighted by Crippen LogP contribution is 2.20. The summed E-state index contributed by atoms with van der Waals surface area (Å²) in [5.41, 5.74) is 1.41. The van der Waals surface area contributed by atoms with Crippen LogP contribution in [0.1, 0.15) is 49.9 Å². The lowest BCUT2D eigenvalue weighted by Crippen LogP contribution is -2.12. The zero-order chi connectivity index (χ0) is 15.8. The molecular formula is C18H24N2O2. The first-order valence-electron chi connectivity index (χ1n) is 8.01. The van der Waals surface area contributed by atoms with Crippen LogP contribution in [0.5, 0.6) is 5.88 Å². The van der Waals surface area contributed by atoms with Crippen LogP contribution in [0.3, 0.4) is 0 Å². The fraction of sp³-hybridized carbons (Fsp3) is 0.444. The number of unbranched alkanes of at least 4 members (excludes halogenated alkanes) is 1. The first kappa shape index (κ1) is 16.3. The number of ether oxygens (including phenoxy) is 1. The summed E-state index contributed by atoms with van der Waals surface area (Å²) in [5, 5.41) is 4.40. The molecule has 22 heavy (non-hydrogen) atoms. The lowest BCUT2D eigenvalue weighted by atomic mass is 10.0. The second kappa shape index (κ2) is 8.37. The van der Waals surface area contributed by atoms with Gasteiger partial charge in [-0.2, -0.15) is 0 Å². The van der Waals surface area contributed by atoms with Crippen LogP contribution in [-0.2, 0) is 0 Å². The zero-order valence-corrected chi connectivity index (χ0v) is 13.4. The largest absolute Gasteiger partial charge is 0.476 e. The molecule has 0 saturated carbocycles. The molecule has 0 saturated heterocycles. The summed E-state index contributed by atoms with van der Waals surface area (Å²) >= 11 is 0. The number of aromatic nitrogens is 2. The van der Waals surface area contributed by atoms with E-state index >= 15 is 0 Å². The lowest BCUT2D eigenvalue weighted by Gasteiger charge is -2.14. The van der Waals surface area contributed by atoms with E-state index in [0.29, 0.717) is 24.0 Å². The van der Waals surface area contributed by atoms with E-state index < -0.39 is 0 Å². The summed E-state index contributed by atoms with van der Waals surface area (Å²) in [7, 11) is 0. The molecule has 118 valence electrons. The average Bonchev–Trinajstić information content (AvgIpc) is 2.99. The standard InChI is InChI=1S/C18H24N2O2/c1-3-5-9-15(4-2)14-22-18-16(13-21)12-20(19-18)17-10-7-6-8-11-17/h6-8,10-13,15H,3-5,9,14H2,1-2H3. The van der Waals surface area contributed by atoms with Gasteiger partial charge in [-0.3, -0.25) is 4.79 Å². The van der Waals surface area contributed by atoms with Crippen molar-refractivity contribution in [3.05, 3.63) is 42.1 Å². The van der Waals surface area contributed by atoms with E-state index in [2.05, 4.69) is 18.9 Å². The molecule has 0 radical (unpaired) electrons. The Morgan fingerprint density at radius 2 is 2.05 bits per heavy atom. The van der Waals surface area contributed by atoms with E-state index in [1.807, 2.05) is 30.3 Å². The third-order valence-corrected chi connectivity index (χ3v) is 3.85. The van der Waals surface area contributed by atoms with Gasteiger partial charge in [-0.25, -0.2) is 4.68 Å². The van der Waals surface area contributed by atoms with E-state index in [4.69, 9.17) is 4.74 Å². The van der Waals surface area contributed by atoms with Gasteiger partial charge in [-0.05, 0) is 24.5 Å². The minimum absolute atomic E-state index is 0.425. The fourth-order valence-electron chi connectivity index (χ4n) is 2.37. The molecule has 0 bridgehead atoms. The van der Waals surface area contributed by atoms with Crippen molar-refractivity contribution < 1.29 is 9.53 Å². The van der Waals surface area contributed by atoms with E-state index in [-0.39, 0.29) is 0 Å². The van der Waals surface area contributed by atoms with Crippen molar-refractivity contribution in [2.75, 3.05) is 6.61 Å². The Labute approximate surface area is 132 Å². The Hall–Kier alpha value is -2.10. The van der Waals surface area contributed by atoms with E-state index in [1.165, 1.54) is 12.8 Å². The Kier molecular flexibility index (Phi) is 6.19. The van der Waals surface area contributed by atoms with E-state index in [1.54, 1.807) is 10.9 Å². The summed E-state index contributed by atoms with van der Waals surface area (Å²) in [5.74, 6) is 0.940. The Morgan fingerprint density at radius 3 is 2.68 bits per heavy atom. The maximum atomic E-state index is 11.2. The minimum atomic E-state index is 0.425. The van der Waals surface area contributed by atoms with Crippen molar-refractivity contribution in [2.24, 2.45) is 5.92 Å². The van der Waals surface area contributed by atoms with Crippen LogP contribution < -0.4 is 4.74 Å². The van der Waals surface area contributed by atoms with Gasteiger partial charge < -0.3 is 4.74 Å². The molecule has 1 aromatic heterocycles. The molecule has 4 nitrogen and oxygen atoms in total. The molecule has 0 aliphatic rings. The second-order valence-electron chi connectivity index (χ2n) is 5.52. The summed E-state index contributed by atoms with van der Waals surface area (Å²) in [4.78, 5) is 11.2. The molecule has 0 N–H and O–H groups in total. The van der Waals surface area contributed by atoms with Crippen molar-refractivity contribution in [1.29, 1.82) is 0 Å². The number of aldehydes is 1. The van der Waals surface area contributed by atoms with Crippen LogP contribution in [0.15, 0.2) is 36.5 Å². The molecular weight excluding hydrogens is 276 g/mol. The molecule has 0 aliphatic carbocycles. The number of hydrogen-bond donors (Lipinski definition) is 0. The number of nitrogens with zero attached hydrogens (tertiary/aromatic N) is 2. The van der Waals surface area contributed by atoms with Gasteiger partial charge in [0, 0.05) is 6.20 Å².